The lowest BCUT2D eigenvalue weighted by molar-refractivity contribution is 0.123. The predicted octanol–water partition coefficient (Wildman–Crippen LogP) is 2.80. The number of carbonyl (C=O) groups excluding carboxylic acids is 1. The lowest BCUT2D eigenvalue weighted by Crippen LogP contribution is -2.42. The molecule has 0 radical (unpaired) electrons. The van der Waals surface area contributed by atoms with E-state index in [1.807, 2.05) is 0 Å². The molecule has 2 aromatic rings. The molecule has 118 valence electrons. The van der Waals surface area contributed by atoms with Crippen LogP contribution in [0.1, 0.15) is 23.8 Å². The SMILES string of the molecule is CN1CCCC(CNC(=O)Nc2nncs2)C1c1cccs1. The summed E-state index contributed by atoms with van der Waals surface area (Å²) in [5.41, 5.74) is 1.60. The fraction of sp³-hybridized carbons (Fsp3) is 0.500. The van der Waals surface area contributed by atoms with Crippen LogP contribution >= 0.6 is 22.7 Å². The van der Waals surface area contributed by atoms with E-state index in [4.69, 9.17) is 0 Å². The average Bonchev–Trinajstić information content (AvgIpc) is 3.18. The number of hydrogen-bond donors (Lipinski definition) is 2. The van der Waals surface area contributed by atoms with E-state index >= 15 is 0 Å². The summed E-state index contributed by atoms with van der Waals surface area (Å²) < 4.78 is 0. The van der Waals surface area contributed by atoms with E-state index in [-0.39, 0.29) is 6.03 Å². The number of urea groups is 1. The van der Waals surface area contributed by atoms with Gasteiger partial charge in [0.15, 0.2) is 0 Å². The van der Waals surface area contributed by atoms with Crippen LogP contribution in [0.4, 0.5) is 9.93 Å². The first kappa shape index (κ1) is 15.4. The highest BCUT2D eigenvalue weighted by molar-refractivity contribution is 7.13. The summed E-state index contributed by atoms with van der Waals surface area (Å²) in [7, 11) is 2.16. The molecule has 0 saturated carbocycles. The lowest BCUT2D eigenvalue weighted by Gasteiger charge is -2.38. The maximum atomic E-state index is 11.9. The van der Waals surface area contributed by atoms with E-state index in [1.165, 1.54) is 22.6 Å². The monoisotopic (exact) mass is 337 g/mol. The fourth-order valence-corrected chi connectivity index (χ4v) is 4.40. The van der Waals surface area contributed by atoms with Crippen molar-refractivity contribution in [3.8, 4) is 0 Å². The quantitative estimate of drug-likeness (QED) is 0.900. The fourth-order valence-electron chi connectivity index (χ4n) is 2.98. The number of rotatable bonds is 4. The second kappa shape index (κ2) is 7.17. The molecule has 2 atom stereocenters. The Kier molecular flexibility index (Phi) is 5.01. The smallest absolute Gasteiger partial charge is 0.321 e. The molecule has 2 N–H and O–H groups in total. The van der Waals surface area contributed by atoms with Crippen LogP contribution in [0.25, 0.3) is 0 Å². The summed E-state index contributed by atoms with van der Waals surface area (Å²) >= 11 is 3.10. The van der Waals surface area contributed by atoms with E-state index in [9.17, 15) is 4.79 Å². The van der Waals surface area contributed by atoms with Crippen LogP contribution in [0.2, 0.25) is 0 Å². The zero-order valence-electron chi connectivity index (χ0n) is 12.4. The molecule has 1 fully saturated rings. The van der Waals surface area contributed by atoms with E-state index in [0.717, 1.165) is 13.0 Å². The van der Waals surface area contributed by atoms with Gasteiger partial charge in [0.25, 0.3) is 0 Å². The number of likely N-dealkylation sites (tertiary alicyclic amines) is 1. The van der Waals surface area contributed by atoms with Gasteiger partial charge < -0.3 is 5.32 Å². The largest absolute Gasteiger partial charge is 0.337 e. The Hall–Kier alpha value is -1.51. The topological polar surface area (TPSA) is 70.2 Å². The Balaban J connectivity index is 1.58. The van der Waals surface area contributed by atoms with Crippen molar-refractivity contribution in [1.29, 1.82) is 0 Å². The normalized spacial score (nSPS) is 22.4. The van der Waals surface area contributed by atoms with Crippen LogP contribution in [0.5, 0.6) is 0 Å². The van der Waals surface area contributed by atoms with Gasteiger partial charge in [0.05, 0.1) is 0 Å². The summed E-state index contributed by atoms with van der Waals surface area (Å²) in [5, 5.41) is 15.8. The summed E-state index contributed by atoms with van der Waals surface area (Å²) in [6, 6.07) is 4.45. The maximum Gasteiger partial charge on any atom is 0.321 e. The number of piperidine rings is 1. The third-order valence-electron chi connectivity index (χ3n) is 3.95. The molecule has 8 heteroatoms. The van der Waals surface area contributed by atoms with Gasteiger partial charge in [-0.2, -0.15) is 0 Å². The van der Waals surface area contributed by atoms with Crippen molar-refractivity contribution >= 4 is 33.8 Å². The molecule has 1 aliphatic rings. The Morgan fingerprint density at radius 3 is 3.14 bits per heavy atom. The zero-order valence-corrected chi connectivity index (χ0v) is 14.0. The minimum atomic E-state index is -0.213. The molecule has 22 heavy (non-hydrogen) atoms. The molecular weight excluding hydrogens is 318 g/mol. The van der Waals surface area contributed by atoms with Gasteiger partial charge in [0.2, 0.25) is 5.13 Å². The Labute approximate surface area is 137 Å². The van der Waals surface area contributed by atoms with Gasteiger partial charge in [-0.25, -0.2) is 4.79 Å². The molecule has 3 rings (SSSR count). The van der Waals surface area contributed by atoms with Gasteiger partial charge in [-0.1, -0.05) is 17.4 Å². The molecule has 3 heterocycles. The highest BCUT2D eigenvalue weighted by Crippen LogP contribution is 2.36. The number of thiophene rings is 1. The molecule has 2 aromatic heterocycles. The van der Waals surface area contributed by atoms with Gasteiger partial charge in [-0.05, 0) is 43.8 Å². The molecule has 1 saturated heterocycles. The number of nitrogens with one attached hydrogen (secondary N) is 2. The average molecular weight is 337 g/mol. The number of nitrogens with zero attached hydrogens (tertiary/aromatic N) is 3. The molecule has 0 bridgehead atoms. The highest BCUT2D eigenvalue weighted by Gasteiger charge is 2.31. The van der Waals surface area contributed by atoms with Crippen LogP contribution in [-0.2, 0) is 0 Å². The number of carbonyl (C=O) groups is 1. The summed E-state index contributed by atoms with van der Waals surface area (Å²) in [5.74, 6) is 0.428. The van der Waals surface area contributed by atoms with E-state index in [0.29, 0.717) is 23.6 Å². The third-order valence-corrected chi connectivity index (χ3v) is 5.50. The lowest BCUT2D eigenvalue weighted by atomic mass is 9.88. The Bertz CT molecular complexity index is 586. The third kappa shape index (κ3) is 3.63. The number of hydrogen-bond acceptors (Lipinski definition) is 6. The number of amides is 2. The molecule has 0 aliphatic carbocycles. The van der Waals surface area contributed by atoms with Crippen molar-refractivity contribution in [3.63, 3.8) is 0 Å². The van der Waals surface area contributed by atoms with Crippen molar-refractivity contribution in [1.82, 2.24) is 20.4 Å². The van der Waals surface area contributed by atoms with Crippen molar-refractivity contribution in [2.75, 3.05) is 25.5 Å². The van der Waals surface area contributed by atoms with Crippen molar-refractivity contribution in [2.24, 2.45) is 5.92 Å². The van der Waals surface area contributed by atoms with Gasteiger partial charge in [-0.15, -0.1) is 21.5 Å². The maximum absolute atomic E-state index is 11.9. The summed E-state index contributed by atoms with van der Waals surface area (Å²) in [6.07, 6.45) is 2.30. The van der Waals surface area contributed by atoms with Crippen molar-refractivity contribution < 1.29 is 4.79 Å². The van der Waals surface area contributed by atoms with Crippen molar-refractivity contribution in [2.45, 2.75) is 18.9 Å². The van der Waals surface area contributed by atoms with Crippen LogP contribution in [0, 0.1) is 5.92 Å². The first-order valence-electron chi connectivity index (χ1n) is 7.28. The van der Waals surface area contributed by atoms with Crippen LogP contribution in [0.3, 0.4) is 0 Å². The van der Waals surface area contributed by atoms with Gasteiger partial charge in [0, 0.05) is 17.5 Å². The number of anilines is 1. The highest BCUT2D eigenvalue weighted by atomic mass is 32.1. The van der Waals surface area contributed by atoms with E-state index < -0.39 is 0 Å². The van der Waals surface area contributed by atoms with Crippen LogP contribution < -0.4 is 10.6 Å². The Morgan fingerprint density at radius 2 is 2.41 bits per heavy atom. The van der Waals surface area contributed by atoms with E-state index in [2.05, 4.69) is 50.3 Å². The van der Waals surface area contributed by atoms with Gasteiger partial charge in [0.1, 0.15) is 5.51 Å². The minimum Gasteiger partial charge on any atom is -0.337 e. The molecule has 0 aromatic carbocycles. The number of aromatic nitrogens is 2. The molecule has 2 amide bonds. The van der Waals surface area contributed by atoms with Gasteiger partial charge >= 0.3 is 6.03 Å². The summed E-state index contributed by atoms with van der Waals surface area (Å²) in [6.45, 7) is 1.77. The van der Waals surface area contributed by atoms with Crippen LogP contribution in [0.15, 0.2) is 23.0 Å². The molecule has 1 aliphatic heterocycles. The zero-order chi connectivity index (χ0) is 15.4. The Morgan fingerprint density at radius 1 is 1.50 bits per heavy atom. The minimum absolute atomic E-state index is 0.213. The van der Waals surface area contributed by atoms with Crippen molar-refractivity contribution in [3.05, 3.63) is 27.9 Å². The van der Waals surface area contributed by atoms with Crippen LogP contribution in [-0.4, -0.2) is 41.3 Å². The first-order chi connectivity index (χ1) is 10.7. The molecule has 0 spiro atoms. The molecular formula is C14H19N5OS2. The first-order valence-corrected chi connectivity index (χ1v) is 9.04. The summed E-state index contributed by atoms with van der Waals surface area (Å²) in [4.78, 5) is 15.7. The van der Waals surface area contributed by atoms with Gasteiger partial charge in [-0.3, -0.25) is 10.2 Å². The predicted molar refractivity (Wildman–Crippen MR) is 89.3 cm³/mol. The molecule has 6 nitrogen and oxygen atoms in total. The molecule has 2 unspecified atom stereocenters. The van der Waals surface area contributed by atoms with E-state index in [1.54, 1.807) is 16.8 Å². The second-order valence-electron chi connectivity index (χ2n) is 5.42. The standard InChI is InChI=1S/C14H19N5OS2/c1-19-6-2-4-10(12(19)11-5-3-7-21-11)8-15-13(20)17-14-18-16-9-22-14/h3,5,7,9-10,12H,2,4,6,8H2,1H3,(H2,15,17,18,20). The second-order valence-corrected chi connectivity index (χ2v) is 7.23.